The lowest BCUT2D eigenvalue weighted by Gasteiger charge is -2.27. The molecule has 0 fully saturated rings. The molecular formula is C10H13N4O3P. The van der Waals surface area contributed by atoms with Crippen molar-refractivity contribution in [1.29, 1.82) is 0 Å². The molecule has 0 aliphatic carbocycles. The van der Waals surface area contributed by atoms with E-state index < -0.39 is 0 Å². The van der Waals surface area contributed by atoms with Crippen LogP contribution in [0.2, 0.25) is 0 Å². The molecule has 1 aromatic carbocycles. The number of anilines is 1. The third-order valence-corrected chi connectivity index (χ3v) is 2.08. The molecule has 96 valence electrons. The van der Waals surface area contributed by atoms with Crippen molar-refractivity contribution in [2.45, 2.75) is 0 Å². The van der Waals surface area contributed by atoms with Crippen LogP contribution in [0.4, 0.5) is 5.69 Å². The van der Waals surface area contributed by atoms with E-state index in [0.29, 0.717) is 11.4 Å². The number of para-hydroxylation sites is 2. The molecule has 0 saturated carbocycles. The van der Waals surface area contributed by atoms with Gasteiger partial charge in [0.25, 0.3) is 5.91 Å². The van der Waals surface area contributed by atoms with E-state index in [4.69, 9.17) is 10.3 Å². The first-order chi connectivity index (χ1) is 8.74. The van der Waals surface area contributed by atoms with Gasteiger partial charge in [-0.05, 0) is 27.1 Å². The van der Waals surface area contributed by atoms with Crippen LogP contribution < -0.4 is 9.64 Å². The molecule has 8 heteroatoms. The lowest BCUT2D eigenvalue weighted by molar-refractivity contribution is -0.121. The van der Waals surface area contributed by atoms with E-state index in [9.17, 15) is 4.79 Å². The van der Waals surface area contributed by atoms with E-state index in [1.54, 1.807) is 25.3 Å². The molecule has 1 amide bonds. The van der Waals surface area contributed by atoms with Gasteiger partial charge < -0.3 is 14.2 Å². The summed E-state index contributed by atoms with van der Waals surface area (Å²) in [5.74, 6) is 0.423. The fourth-order valence-corrected chi connectivity index (χ4v) is 1.40. The minimum Gasteiger partial charge on any atom is -0.482 e. The van der Waals surface area contributed by atoms with E-state index in [1.165, 1.54) is 4.90 Å². The van der Waals surface area contributed by atoms with E-state index >= 15 is 0 Å². The lowest BCUT2D eigenvalue weighted by atomic mass is 10.2. The highest BCUT2D eigenvalue weighted by Gasteiger charge is 2.23. The second kappa shape index (κ2) is 7.50. The summed E-state index contributed by atoms with van der Waals surface area (Å²) >= 11 is 0. The maximum atomic E-state index is 11.5. The van der Waals surface area contributed by atoms with Gasteiger partial charge in [-0.3, -0.25) is 4.79 Å². The average Bonchev–Trinajstić information content (AvgIpc) is 2.39. The summed E-state index contributed by atoms with van der Waals surface area (Å²) in [6, 6.07) is 7.13. The van der Waals surface area contributed by atoms with E-state index in [1.807, 2.05) is 6.07 Å². The van der Waals surface area contributed by atoms with Crippen LogP contribution in [0.1, 0.15) is 0 Å². The fourth-order valence-electron chi connectivity index (χ4n) is 1.40. The van der Waals surface area contributed by atoms with Crippen molar-refractivity contribution < 1.29 is 14.1 Å². The van der Waals surface area contributed by atoms with Gasteiger partial charge in [0, 0.05) is 12.0 Å². The predicted octanol–water partition coefficient (Wildman–Crippen LogP) is 2.10. The van der Waals surface area contributed by atoms with Gasteiger partial charge in [-0.2, -0.15) is 0 Å². The second-order valence-electron chi connectivity index (χ2n) is 3.19. The zero-order valence-corrected chi connectivity index (χ0v) is 11.0. The van der Waals surface area contributed by atoms with E-state index in [0.717, 1.165) is 0 Å². The number of carbonyl (C=O) groups excluding carboxylic acids is 1. The summed E-state index contributed by atoms with van der Waals surface area (Å²) in [6.45, 7) is -0.0202. The predicted molar refractivity (Wildman–Crippen MR) is 70.2 cm³/mol. The Balaban J connectivity index is 0.000000492. The Labute approximate surface area is 107 Å². The SMILES string of the molecule is COP.[N-]=[N+]=NCN1C(=O)COc2ccccc21. The van der Waals surface area contributed by atoms with Crippen LogP contribution >= 0.6 is 9.47 Å². The molecule has 0 aromatic heterocycles. The molecule has 18 heavy (non-hydrogen) atoms. The summed E-state index contributed by atoms with van der Waals surface area (Å²) in [6.07, 6.45) is 0. The van der Waals surface area contributed by atoms with Gasteiger partial charge in [0.1, 0.15) is 12.4 Å². The zero-order chi connectivity index (χ0) is 13.4. The highest BCUT2D eigenvalue weighted by molar-refractivity contribution is 7.09. The summed E-state index contributed by atoms with van der Waals surface area (Å²) < 4.78 is 9.39. The quantitative estimate of drug-likeness (QED) is 0.356. The molecular weight excluding hydrogens is 255 g/mol. The van der Waals surface area contributed by atoms with Gasteiger partial charge >= 0.3 is 0 Å². The van der Waals surface area contributed by atoms with Gasteiger partial charge in [0.2, 0.25) is 0 Å². The number of ether oxygens (including phenoxy) is 1. The highest BCUT2D eigenvalue weighted by Crippen LogP contribution is 2.31. The summed E-state index contributed by atoms with van der Waals surface area (Å²) in [4.78, 5) is 15.5. The number of amides is 1. The fraction of sp³-hybridized carbons (Fsp3) is 0.300. The Morgan fingerprint density at radius 1 is 1.61 bits per heavy atom. The van der Waals surface area contributed by atoms with Crippen LogP contribution in [0.5, 0.6) is 5.75 Å². The maximum Gasteiger partial charge on any atom is 0.265 e. The molecule has 7 nitrogen and oxygen atoms in total. The van der Waals surface area contributed by atoms with Crippen LogP contribution in [-0.2, 0) is 9.32 Å². The molecule has 1 aliphatic rings. The van der Waals surface area contributed by atoms with Crippen LogP contribution in [-0.4, -0.2) is 26.3 Å². The number of hydrogen-bond donors (Lipinski definition) is 0. The first kappa shape index (κ1) is 14.3. The first-order valence-corrected chi connectivity index (χ1v) is 5.47. The number of nitrogens with zero attached hydrogens (tertiary/aromatic N) is 4. The molecule has 0 spiro atoms. The molecule has 1 aromatic rings. The third kappa shape index (κ3) is 3.60. The molecule has 2 rings (SSSR count). The van der Waals surface area contributed by atoms with Crippen molar-refractivity contribution in [3.63, 3.8) is 0 Å². The van der Waals surface area contributed by atoms with Crippen LogP contribution in [0.15, 0.2) is 29.4 Å². The minimum absolute atomic E-state index is 0.00426. The second-order valence-corrected chi connectivity index (χ2v) is 3.66. The molecule has 1 atom stereocenters. The van der Waals surface area contributed by atoms with Crippen molar-refractivity contribution in [2.24, 2.45) is 5.11 Å². The Morgan fingerprint density at radius 2 is 2.28 bits per heavy atom. The Hall–Kier alpha value is -1.81. The minimum atomic E-state index is -0.207. The van der Waals surface area contributed by atoms with Crippen LogP contribution in [0, 0.1) is 0 Å². The number of rotatable bonds is 2. The molecule has 0 radical (unpaired) electrons. The largest absolute Gasteiger partial charge is 0.482 e. The normalized spacial score (nSPS) is 12.6. The molecule has 0 N–H and O–H groups in total. The number of benzene rings is 1. The van der Waals surface area contributed by atoms with E-state index in [2.05, 4.69) is 24.0 Å². The number of hydrogen-bond acceptors (Lipinski definition) is 4. The summed E-state index contributed by atoms with van der Waals surface area (Å²) in [5, 5.41) is 3.37. The van der Waals surface area contributed by atoms with Gasteiger partial charge in [-0.15, -0.1) is 0 Å². The molecule has 1 heterocycles. The third-order valence-electron chi connectivity index (χ3n) is 2.08. The molecule has 0 saturated heterocycles. The van der Waals surface area contributed by atoms with Crippen molar-refractivity contribution in [2.75, 3.05) is 25.3 Å². The number of fused-ring (bicyclic) bond motifs is 1. The van der Waals surface area contributed by atoms with Crippen molar-refractivity contribution in [3.05, 3.63) is 34.7 Å². The van der Waals surface area contributed by atoms with Crippen molar-refractivity contribution >= 4 is 21.1 Å². The zero-order valence-electron chi connectivity index (χ0n) is 9.81. The lowest BCUT2D eigenvalue weighted by Crippen LogP contribution is -2.38. The van der Waals surface area contributed by atoms with Gasteiger partial charge in [-0.25, -0.2) is 0 Å². The van der Waals surface area contributed by atoms with Gasteiger partial charge in [-0.1, -0.05) is 17.2 Å². The number of azide groups is 1. The van der Waals surface area contributed by atoms with Gasteiger partial charge in [0.15, 0.2) is 6.61 Å². The summed E-state index contributed by atoms with van der Waals surface area (Å²) in [5.41, 5.74) is 8.86. The average molecular weight is 268 g/mol. The standard InChI is InChI=1S/C9H8N4O2.CH5OP/c10-12-11-6-13-7-3-1-2-4-8(7)15-5-9(13)14;1-2-3/h1-4H,5-6H2;3H2,1H3. The molecule has 0 bridgehead atoms. The monoisotopic (exact) mass is 268 g/mol. The van der Waals surface area contributed by atoms with Crippen molar-refractivity contribution in [3.8, 4) is 5.75 Å². The van der Waals surface area contributed by atoms with Crippen molar-refractivity contribution in [1.82, 2.24) is 0 Å². The maximum absolute atomic E-state index is 11.5. The van der Waals surface area contributed by atoms with Gasteiger partial charge in [0.05, 0.1) is 5.69 Å². The highest BCUT2D eigenvalue weighted by atomic mass is 31.0. The first-order valence-electron chi connectivity index (χ1n) is 5.00. The van der Waals surface area contributed by atoms with Crippen LogP contribution in [0.3, 0.4) is 0 Å². The Morgan fingerprint density at radius 3 is 2.94 bits per heavy atom. The topological polar surface area (TPSA) is 87.5 Å². The van der Waals surface area contributed by atoms with Crippen LogP contribution in [0.25, 0.3) is 10.4 Å². The Bertz CT molecular complexity index is 462. The molecule has 1 unspecified atom stereocenters. The van der Waals surface area contributed by atoms with E-state index in [-0.39, 0.29) is 19.2 Å². The number of carbonyl (C=O) groups is 1. The summed E-state index contributed by atoms with van der Waals surface area (Å²) in [7, 11) is 3.67. The Kier molecular flexibility index (Phi) is 5.94. The molecule has 1 aliphatic heterocycles. The smallest absolute Gasteiger partial charge is 0.265 e.